The van der Waals surface area contributed by atoms with Gasteiger partial charge in [-0.25, -0.2) is 19.0 Å². The molecule has 2 unspecified atom stereocenters. The van der Waals surface area contributed by atoms with Gasteiger partial charge in [0.25, 0.3) is 0 Å². The van der Waals surface area contributed by atoms with Crippen molar-refractivity contribution in [3.8, 4) is 5.75 Å². The molecular weight excluding hydrogens is 562 g/mol. The fraction of sp³-hybridized carbons (Fsp3) is 0.536. The molecule has 40 heavy (non-hydrogen) atoms. The molecule has 1 saturated heterocycles. The maximum absolute atomic E-state index is 14.9. The molecule has 2 spiro atoms. The van der Waals surface area contributed by atoms with E-state index in [0.29, 0.717) is 51.8 Å². The van der Waals surface area contributed by atoms with Crippen LogP contribution in [0.15, 0.2) is 39.9 Å². The van der Waals surface area contributed by atoms with Gasteiger partial charge in [-0.2, -0.15) is 0 Å². The van der Waals surface area contributed by atoms with Gasteiger partial charge < -0.3 is 23.7 Å². The molecule has 2 amide bonds. The van der Waals surface area contributed by atoms with Crippen molar-refractivity contribution in [1.82, 2.24) is 4.90 Å². The molecule has 5 rings (SSSR count). The van der Waals surface area contributed by atoms with Gasteiger partial charge in [0.1, 0.15) is 41.3 Å². The van der Waals surface area contributed by atoms with Gasteiger partial charge in [-0.1, -0.05) is 26.2 Å². The first-order valence-corrected chi connectivity index (χ1v) is 14.6. The third-order valence-corrected chi connectivity index (χ3v) is 8.47. The number of benzene rings is 1. The van der Waals surface area contributed by atoms with Crippen molar-refractivity contribution >= 4 is 44.0 Å². The van der Waals surface area contributed by atoms with E-state index in [4.69, 9.17) is 40.3 Å². The molecule has 9 nitrogen and oxygen atoms in total. The fourth-order valence-electron chi connectivity index (χ4n) is 4.94. The molecule has 4 heterocycles. The van der Waals surface area contributed by atoms with Crippen molar-refractivity contribution in [2.24, 2.45) is 10.4 Å². The zero-order valence-electron chi connectivity index (χ0n) is 23.4. The van der Waals surface area contributed by atoms with Gasteiger partial charge >= 0.3 is 18.2 Å². The van der Waals surface area contributed by atoms with Gasteiger partial charge in [0.15, 0.2) is 0 Å². The van der Waals surface area contributed by atoms with E-state index in [1.807, 2.05) is 6.07 Å². The number of amidine groups is 1. The van der Waals surface area contributed by atoms with Gasteiger partial charge in [-0.05, 0) is 65.3 Å². The van der Waals surface area contributed by atoms with Gasteiger partial charge in [0, 0.05) is 22.3 Å². The lowest BCUT2D eigenvalue weighted by atomic mass is 9.64. The van der Waals surface area contributed by atoms with Crippen molar-refractivity contribution in [2.45, 2.75) is 58.3 Å². The van der Waals surface area contributed by atoms with Crippen molar-refractivity contribution < 1.29 is 37.7 Å². The Hall–Kier alpha value is -2.68. The number of carbonyl (C=O) groups excluding carboxylic acids is 2. The van der Waals surface area contributed by atoms with Crippen molar-refractivity contribution in [1.29, 1.82) is 0 Å². The van der Waals surface area contributed by atoms with Crippen molar-refractivity contribution in [3.05, 3.63) is 46.0 Å². The van der Waals surface area contributed by atoms with E-state index in [9.17, 15) is 14.0 Å². The molecule has 1 aromatic rings. The number of nitrogens with zero attached hydrogens (tertiary/aromatic N) is 2. The number of imide groups is 1. The number of hydrogen-bond acceptors (Lipinski definition) is 8. The summed E-state index contributed by atoms with van der Waals surface area (Å²) in [7, 11) is -0.0542. The quantitative estimate of drug-likeness (QED) is 0.352. The Morgan fingerprint density at radius 2 is 1.68 bits per heavy atom. The number of amides is 2. The zero-order chi connectivity index (χ0) is 29.1. The minimum absolute atomic E-state index is 0.00647. The van der Waals surface area contributed by atoms with Crippen LogP contribution in [0.1, 0.15) is 52.7 Å². The Bertz CT molecular complexity index is 1310. The highest BCUT2D eigenvalue weighted by Gasteiger charge is 2.65. The summed E-state index contributed by atoms with van der Waals surface area (Å²) in [5.74, 6) is 0.547. The van der Waals surface area contributed by atoms with Gasteiger partial charge in [-0.3, -0.25) is 0 Å². The Morgan fingerprint density at radius 1 is 1.02 bits per heavy atom. The summed E-state index contributed by atoms with van der Waals surface area (Å²) in [6.45, 7) is 11.0. The maximum Gasteiger partial charge on any atom is 0.428 e. The summed E-state index contributed by atoms with van der Waals surface area (Å²) >= 11 is 6.26. The molecule has 4 aliphatic rings. The predicted octanol–water partition coefficient (Wildman–Crippen LogP) is 6.30. The molecule has 4 aliphatic heterocycles. The Morgan fingerprint density at radius 3 is 2.25 bits per heavy atom. The average molecular weight is 595 g/mol. The summed E-state index contributed by atoms with van der Waals surface area (Å²) in [6.07, 6.45) is 0.155. The highest BCUT2D eigenvalue weighted by atomic mass is 35.5. The smallest absolute Gasteiger partial charge is 0.428 e. The lowest BCUT2D eigenvalue weighted by Gasteiger charge is -2.53. The lowest BCUT2D eigenvalue weighted by Crippen LogP contribution is -2.63. The number of allylic oxidation sites excluding steroid dienone is 3. The van der Waals surface area contributed by atoms with Gasteiger partial charge in [0.05, 0.1) is 18.6 Å². The average Bonchev–Trinajstić information content (AvgIpc) is 3.22. The predicted molar refractivity (Wildman–Crippen MR) is 150 cm³/mol. The van der Waals surface area contributed by atoms with Crippen molar-refractivity contribution in [2.75, 3.05) is 32.6 Å². The van der Waals surface area contributed by atoms with Crippen LogP contribution >= 0.6 is 20.2 Å². The second-order valence-electron chi connectivity index (χ2n) is 12.3. The molecule has 2 atom stereocenters. The van der Waals surface area contributed by atoms with E-state index in [2.05, 4.69) is 0 Å². The van der Waals surface area contributed by atoms with Crippen LogP contribution < -0.4 is 4.74 Å². The van der Waals surface area contributed by atoms with Crippen LogP contribution in [-0.2, 0) is 24.5 Å². The first kappa shape index (κ1) is 28.8. The van der Waals surface area contributed by atoms with Crippen molar-refractivity contribution in [3.63, 3.8) is 0 Å². The van der Waals surface area contributed by atoms with E-state index in [-0.39, 0.29) is 33.4 Å². The van der Waals surface area contributed by atoms with Crippen LogP contribution in [0.5, 0.6) is 5.75 Å². The zero-order valence-corrected chi connectivity index (χ0v) is 25.1. The Labute approximate surface area is 239 Å². The number of rotatable bonds is 1. The molecule has 0 N–H and O–H groups in total. The molecule has 0 aliphatic carbocycles. The number of halogens is 2. The first-order chi connectivity index (χ1) is 18.6. The number of aliphatic imine (C=N–C) groups is 1. The molecular formula is C28H33ClFN2O7P. The second-order valence-corrected chi connectivity index (χ2v) is 13.9. The normalized spacial score (nSPS) is 24.0. The van der Waals surface area contributed by atoms with E-state index in [1.54, 1.807) is 59.8 Å². The third kappa shape index (κ3) is 5.21. The standard InChI is InChI=1S/C28H33ClFN2O7P/c1-25(2,3)38-23(33)32(24(34)39-26(4,5)6)22-31-28(15-37-22)19-9-16(18-10-17(29)11-40-21(18)30)7-8-20(19)36-14-27(28)12-35-13-27/h7-10,40H,11-15H2,1-6H3. The Balaban J connectivity index is 1.62. The molecule has 0 radical (unpaired) electrons. The molecule has 0 saturated carbocycles. The number of carbonyl (C=O) groups is 2. The minimum atomic E-state index is -1.09. The SMILES string of the molecule is CC(C)(C)OC(=O)N(C(=O)OC(C)(C)C)C1=NC2(CO1)c1cc(C3=C(F)PCC(Cl)=C3)ccc1OCC21COC1. The summed E-state index contributed by atoms with van der Waals surface area (Å²) < 4.78 is 43.7. The Kier molecular flexibility index (Phi) is 7.21. The van der Waals surface area contributed by atoms with Gasteiger partial charge in [-0.15, -0.1) is 4.90 Å². The van der Waals surface area contributed by atoms with Crippen LogP contribution in [0, 0.1) is 5.41 Å². The fourth-order valence-corrected chi connectivity index (χ4v) is 6.09. The largest absolute Gasteiger partial charge is 0.492 e. The minimum Gasteiger partial charge on any atom is -0.492 e. The molecule has 12 heteroatoms. The number of hydrogen-bond donors (Lipinski definition) is 0. The topological polar surface area (TPSA) is 95.9 Å². The van der Waals surface area contributed by atoms with Crippen LogP contribution in [0.2, 0.25) is 0 Å². The number of fused-ring (bicyclic) bond motifs is 3. The molecule has 1 aromatic carbocycles. The number of ether oxygens (including phenoxy) is 5. The summed E-state index contributed by atoms with van der Waals surface area (Å²) in [4.78, 5) is 32.2. The highest BCUT2D eigenvalue weighted by molar-refractivity contribution is 7.43. The summed E-state index contributed by atoms with van der Waals surface area (Å²) in [5.41, 5.74) is -2.09. The van der Waals surface area contributed by atoms with Crippen LogP contribution in [0.25, 0.3) is 5.57 Å². The van der Waals surface area contributed by atoms with Crippen LogP contribution in [0.3, 0.4) is 0 Å². The summed E-state index contributed by atoms with van der Waals surface area (Å²) in [6, 6.07) is 5.12. The highest BCUT2D eigenvalue weighted by Crippen LogP contribution is 2.57. The van der Waals surface area contributed by atoms with E-state index in [0.717, 1.165) is 0 Å². The lowest BCUT2D eigenvalue weighted by molar-refractivity contribution is -0.185. The molecule has 0 aromatic heterocycles. The van der Waals surface area contributed by atoms with E-state index in [1.165, 1.54) is 0 Å². The third-order valence-electron chi connectivity index (χ3n) is 6.86. The van der Waals surface area contributed by atoms with Gasteiger partial charge in [0.2, 0.25) is 0 Å². The summed E-state index contributed by atoms with van der Waals surface area (Å²) in [5, 5.41) is 0.581. The molecule has 0 bridgehead atoms. The van der Waals surface area contributed by atoms with E-state index >= 15 is 0 Å². The second kappa shape index (κ2) is 10.00. The van der Waals surface area contributed by atoms with E-state index < -0.39 is 34.3 Å². The van der Waals surface area contributed by atoms with Crippen LogP contribution in [0.4, 0.5) is 14.0 Å². The first-order valence-electron chi connectivity index (χ1n) is 13.0. The maximum atomic E-state index is 14.9. The van der Waals surface area contributed by atoms with Crippen LogP contribution in [-0.4, -0.2) is 66.9 Å². The monoisotopic (exact) mass is 594 g/mol. The molecule has 1 fully saturated rings. The molecule has 216 valence electrons.